The number of halogens is 1. The second-order valence-electron chi connectivity index (χ2n) is 6.74. The van der Waals surface area contributed by atoms with Crippen molar-refractivity contribution in [1.29, 1.82) is 0 Å². The van der Waals surface area contributed by atoms with Gasteiger partial charge in [0.05, 0.1) is 10.7 Å². The Hall–Kier alpha value is -3.28. The Morgan fingerprint density at radius 1 is 0.967 bits per heavy atom. The van der Waals surface area contributed by atoms with Crippen LogP contribution in [0.1, 0.15) is 10.4 Å². The smallest absolute Gasteiger partial charge is 0.190 e. The van der Waals surface area contributed by atoms with E-state index in [0.29, 0.717) is 16.4 Å². The Labute approximate surface area is 183 Å². The Morgan fingerprint density at radius 3 is 2.53 bits per heavy atom. The van der Waals surface area contributed by atoms with Crippen molar-refractivity contribution in [3.05, 3.63) is 102 Å². The lowest BCUT2D eigenvalue weighted by Crippen LogP contribution is -2.07. The summed E-state index contributed by atoms with van der Waals surface area (Å²) < 4.78 is 1.81. The lowest BCUT2D eigenvalue weighted by Gasteiger charge is -2.19. The molecule has 5 rings (SSSR count). The van der Waals surface area contributed by atoms with Crippen LogP contribution < -0.4 is 5.32 Å². The van der Waals surface area contributed by atoms with Gasteiger partial charge in [0.15, 0.2) is 11.6 Å². The SMILES string of the molecule is O=C(/C=C1/Sc2ccccc2-c2cc(Nc3ccccc3)nn21)c1ccccc1Cl. The molecule has 4 nitrogen and oxygen atoms in total. The van der Waals surface area contributed by atoms with Crippen LogP contribution in [-0.4, -0.2) is 15.6 Å². The monoisotopic (exact) mass is 429 g/mol. The number of carbonyl (C=O) groups is 1. The zero-order chi connectivity index (χ0) is 20.5. The largest absolute Gasteiger partial charge is 0.339 e. The van der Waals surface area contributed by atoms with Crippen LogP contribution in [0.2, 0.25) is 5.02 Å². The molecular formula is C24H16ClN3OS. The first-order valence-electron chi connectivity index (χ1n) is 9.39. The van der Waals surface area contributed by atoms with Crippen molar-refractivity contribution in [3.8, 4) is 11.3 Å². The predicted octanol–water partition coefficient (Wildman–Crippen LogP) is 6.73. The number of hydrogen-bond donors (Lipinski definition) is 1. The summed E-state index contributed by atoms with van der Waals surface area (Å²) in [5.41, 5.74) is 3.44. The lowest BCUT2D eigenvalue weighted by atomic mass is 10.1. The molecule has 1 N–H and O–H groups in total. The van der Waals surface area contributed by atoms with Crippen LogP contribution >= 0.6 is 23.4 Å². The van der Waals surface area contributed by atoms with Gasteiger partial charge in [0.1, 0.15) is 5.03 Å². The highest BCUT2D eigenvalue weighted by Crippen LogP contribution is 2.45. The van der Waals surface area contributed by atoms with E-state index in [2.05, 4.69) is 17.4 Å². The highest BCUT2D eigenvalue weighted by atomic mass is 35.5. The van der Waals surface area contributed by atoms with Gasteiger partial charge in [-0.15, -0.1) is 5.10 Å². The molecular weight excluding hydrogens is 414 g/mol. The van der Waals surface area contributed by atoms with E-state index in [1.54, 1.807) is 18.2 Å². The number of aromatic nitrogens is 2. The van der Waals surface area contributed by atoms with E-state index in [1.165, 1.54) is 11.8 Å². The molecule has 2 heterocycles. The van der Waals surface area contributed by atoms with Crippen molar-refractivity contribution in [2.45, 2.75) is 4.90 Å². The van der Waals surface area contributed by atoms with E-state index in [-0.39, 0.29) is 5.78 Å². The van der Waals surface area contributed by atoms with Crippen LogP contribution in [0.25, 0.3) is 16.3 Å². The van der Waals surface area contributed by atoms with E-state index < -0.39 is 0 Å². The molecule has 1 aliphatic heterocycles. The zero-order valence-electron chi connectivity index (χ0n) is 15.7. The fourth-order valence-electron chi connectivity index (χ4n) is 3.34. The quantitative estimate of drug-likeness (QED) is 0.288. The van der Waals surface area contributed by atoms with Crippen LogP contribution in [0.5, 0.6) is 0 Å². The van der Waals surface area contributed by atoms with Gasteiger partial charge >= 0.3 is 0 Å². The Kier molecular flexibility index (Phi) is 4.91. The molecule has 0 saturated heterocycles. The fourth-order valence-corrected chi connectivity index (χ4v) is 4.61. The van der Waals surface area contributed by atoms with Gasteiger partial charge in [-0.05, 0) is 30.3 Å². The standard InChI is InChI=1S/C24H16ClN3OS/c25-19-12-6-4-10-17(19)21(29)15-24-28-20(18-11-5-7-13-22(18)30-24)14-23(27-28)26-16-8-2-1-3-9-16/h1-15H,(H,26,27)/b24-15+. The van der Waals surface area contributed by atoms with Crippen molar-refractivity contribution in [2.24, 2.45) is 0 Å². The third-order valence-electron chi connectivity index (χ3n) is 4.74. The van der Waals surface area contributed by atoms with Gasteiger partial charge < -0.3 is 5.32 Å². The topological polar surface area (TPSA) is 46.9 Å². The van der Waals surface area contributed by atoms with Gasteiger partial charge in [-0.2, -0.15) is 0 Å². The number of allylic oxidation sites excluding steroid dienone is 1. The van der Waals surface area contributed by atoms with Crippen LogP contribution in [0.15, 0.2) is 95.9 Å². The van der Waals surface area contributed by atoms with Crippen LogP contribution in [0, 0.1) is 0 Å². The Morgan fingerprint density at radius 2 is 1.70 bits per heavy atom. The third-order valence-corrected chi connectivity index (χ3v) is 6.14. The number of benzene rings is 3. The summed E-state index contributed by atoms with van der Waals surface area (Å²) in [6.07, 6.45) is 1.60. The number of ketones is 1. The number of thioether (sulfide) groups is 1. The second kappa shape index (κ2) is 7.86. The van der Waals surface area contributed by atoms with Crippen LogP contribution in [-0.2, 0) is 0 Å². The van der Waals surface area contributed by atoms with Gasteiger partial charge in [-0.3, -0.25) is 4.79 Å². The first-order chi connectivity index (χ1) is 14.7. The molecule has 0 spiro atoms. The normalized spacial score (nSPS) is 13.6. The van der Waals surface area contributed by atoms with Crippen LogP contribution in [0.4, 0.5) is 11.5 Å². The Bertz CT molecular complexity index is 1280. The average Bonchev–Trinajstić information content (AvgIpc) is 3.19. The number of hydrogen-bond acceptors (Lipinski definition) is 4. The number of fused-ring (bicyclic) bond motifs is 3. The molecule has 0 fully saturated rings. The molecule has 146 valence electrons. The minimum absolute atomic E-state index is 0.151. The number of para-hydroxylation sites is 1. The molecule has 6 heteroatoms. The molecule has 30 heavy (non-hydrogen) atoms. The minimum atomic E-state index is -0.151. The molecule has 0 saturated carbocycles. The molecule has 1 aromatic heterocycles. The van der Waals surface area contributed by atoms with E-state index in [9.17, 15) is 4.79 Å². The number of nitrogens with one attached hydrogen (secondary N) is 1. The van der Waals surface area contributed by atoms with E-state index in [1.807, 2.05) is 65.3 Å². The summed E-state index contributed by atoms with van der Waals surface area (Å²) in [6, 6.07) is 27.1. The summed E-state index contributed by atoms with van der Waals surface area (Å²) >= 11 is 7.74. The van der Waals surface area contributed by atoms with Gasteiger partial charge in [0.2, 0.25) is 0 Å². The van der Waals surface area contributed by atoms with Crippen molar-refractivity contribution in [2.75, 3.05) is 5.32 Å². The summed E-state index contributed by atoms with van der Waals surface area (Å²) in [6.45, 7) is 0. The van der Waals surface area contributed by atoms with Crippen molar-refractivity contribution in [1.82, 2.24) is 9.78 Å². The third kappa shape index (κ3) is 3.54. The highest BCUT2D eigenvalue weighted by Gasteiger charge is 2.24. The van der Waals surface area contributed by atoms with Crippen molar-refractivity contribution in [3.63, 3.8) is 0 Å². The number of anilines is 2. The molecule has 0 aliphatic carbocycles. The first-order valence-corrected chi connectivity index (χ1v) is 10.6. The second-order valence-corrected chi connectivity index (χ2v) is 8.21. The molecule has 0 atom stereocenters. The maximum atomic E-state index is 12.9. The molecule has 0 amide bonds. The van der Waals surface area contributed by atoms with E-state index in [4.69, 9.17) is 16.7 Å². The van der Waals surface area contributed by atoms with Gasteiger partial charge in [-0.1, -0.05) is 71.9 Å². The molecule has 0 radical (unpaired) electrons. The number of nitrogens with zero attached hydrogens (tertiary/aromatic N) is 2. The summed E-state index contributed by atoms with van der Waals surface area (Å²) in [4.78, 5) is 14.0. The van der Waals surface area contributed by atoms with E-state index >= 15 is 0 Å². The molecule has 0 bridgehead atoms. The molecule has 0 unspecified atom stereocenters. The minimum Gasteiger partial charge on any atom is -0.339 e. The zero-order valence-corrected chi connectivity index (χ0v) is 17.3. The molecule has 4 aromatic rings. The number of rotatable bonds is 4. The van der Waals surface area contributed by atoms with Crippen LogP contribution in [0.3, 0.4) is 0 Å². The van der Waals surface area contributed by atoms with Gasteiger partial charge in [-0.25, -0.2) is 4.68 Å². The average molecular weight is 430 g/mol. The predicted molar refractivity (Wildman–Crippen MR) is 123 cm³/mol. The molecule has 3 aromatic carbocycles. The maximum Gasteiger partial charge on any atom is 0.190 e. The first kappa shape index (κ1) is 18.7. The summed E-state index contributed by atoms with van der Waals surface area (Å²) in [7, 11) is 0. The Balaban J connectivity index is 1.58. The lowest BCUT2D eigenvalue weighted by molar-refractivity contribution is 0.104. The number of carbonyl (C=O) groups excluding carboxylic acids is 1. The summed E-state index contributed by atoms with van der Waals surface area (Å²) in [5, 5.41) is 9.23. The van der Waals surface area contributed by atoms with Gasteiger partial charge in [0.25, 0.3) is 0 Å². The van der Waals surface area contributed by atoms with Crippen molar-refractivity contribution < 1.29 is 4.79 Å². The highest BCUT2D eigenvalue weighted by molar-refractivity contribution is 8.08. The van der Waals surface area contributed by atoms with Gasteiger partial charge in [0, 0.05) is 33.9 Å². The summed E-state index contributed by atoms with van der Waals surface area (Å²) in [5.74, 6) is 0.561. The maximum absolute atomic E-state index is 12.9. The molecule has 1 aliphatic rings. The van der Waals surface area contributed by atoms with Crippen molar-refractivity contribution >= 4 is 45.7 Å². The van der Waals surface area contributed by atoms with E-state index in [0.717, 1.165) is 26.9 Å². The fraction of sp³-hybridized carbons (Fsp3) is 0.